The summed E-state index contributed by atoms with van der Waals surface area (Å²) in [6, 6.07) is 11.5. The summed E-state index contributed by atoms with van der Waals surface area (Å²) in [7, 11) is 0. The van der Waals surface area contributed by atoms with Crippen LogP contribution in [0.2, 0.25) is 15.1 Å². The molecule has 1 amide bonds. The fraction of sp³-hybridized carbons (Fsp3) is 0.375. The topological polar surface area (TPSA) is 67.8 Å². The van der Waals surface area contributed by atoms with Gasteiger partial charge in [-0.15, -0.1) is 0 Å². The summed E-state index contributed by atoms with van der Waals surface area (Å²) in [4.78, 5) is 31.3. The molecule has 4 rings (SSSR count). The zero-order chi connectivity index (χ0) is 23.3. The molecular formula is C24H23Cl3N2O3. The number of halogens is 3. The number of anilines is 1. The van der Waals surface area contributed by atoms with Gasteiger partial charge in [0.1, 0.15) is 0 Å². The van der Waals surface area contributed by atoms with Gasteiger partial charge in [0.05, 0.1) is 32.4 Å². The van der Waals surface area contributed by atoms with Crippen LogP contribution in [0.15, 0.2) is 47.6 Å². The lowest BCUT2D eigenvalue weighted by atomic mass is 9.64. The van der Waals surface area contributed by atoms with Crippen LogP contribution >= 0.6 is 34.8 Å². The van der Waals surface area contributed by atoms with E-state index in [2.05, 4.69) is 31.2 Å². The van der Waals surface area contributed by atoms with E-state index in [1.165, 1.54) is 0 Å². The van der Waals surface area contributed by atoms with Crippen LogP contribution in [0.5, 0.6) is 0 Å². The molecule has 2 atom stereocenters. The Morgan fingerprint density at radius 3 is 2.38 bits per heavy atom. The fourth-order valence-corrected chi connectivity index (χ4v) is 5.57. The first-order chi connectivity index (χ1) is 15.0. The largest absolute Gasteiger partial charge is 0.365 e. The van der Waals surface area contributed by atoms with E-state index in [-0.39, 0.29) is 11.3 Å². The fourth-order valence-electron chi connectivity index (χ4n) is 5.10. The highest BCUT2D eigenvalue weighted by atomic mass is 35.5. The van der Waals surface area contributed by atoms with E-state index in [1.807, 2.05) is 0 Å². The Hall–Kier alpha value is -2.08. The minimum atomic E-state index is -0.709. The number of oxime groups is 1. The zero-order valence-corrected chi connectivity index (χ0v) is 20.2. The van der Waals surface area contributed by atoms with Gasteiger partial charge in [0.15, 0.2) is 0 Å². The van der Waals surface area contributed by atoms with Gasteiger partial charge in [0.2, 0.25) is 5.91 Å². The summed E-state index contributed by atoms with van der Waals surface area (Å²) in [6.07, 6.45) is 1.85. The van der Waals surface area contributed by atoms with Gasteiger partial charge in [0, 0.05) is 16.9 Å². The molecule has 32 heavy (non-hydrogen) atoms. The summed E-state index contributed by atoms with van der Waals surface area (Å²) in [5, 5.41) is 8.43. The number of nitrogens with one attached hydrogen (secondary N) is 1. The Morgan fingerprint density at radius 1 is 1.00 bits per heavy atom. The maximum Gasteiger partial charge on any atom is 0.365 e. The molecule has 2 fully saturated rings. The Labute approximate surface area is 202 Å². The lowest BCUT2D eigenvalue weighted by Gasteiger charge is -2.39. The van der Waals surface area contributed by atoms with Crippen LogP contribution in [0, 0.1) is 16.2 Å². The van der Waals surface area contributed by atoms with Crippen molar-refractivity contribution in [2.75, 3.05) is 5.32 Å². The van der Waals surface area contributed by atoms with Crippen molar-refractivity contribution in [3.05, 3.63) is 63.1 Å². The highest BCUT2D eigenvalue weighted by Gasteiger charge is 2.71. The number of carbonyl (C=O) groups is 2. The van der Waals surface area contributed by atoms with Gasteiger partial charge in [0.25, 0.3) is 0 Å². The van der Waals surface area contributed by atoms with Crippen LogP contribution in [0.3, 0.4) is 0 Å². The average molecular weight is 494 g/mol. The van der Waals surface area contributed by atoms with Crippen LogP contribution < -0.4 is 5.32 Å². The summed E-state index contributed by atoms with van der Waals surface area (Å²) >= 11 is 18.3. The number of hydrogen-bond donors (Lipinski definition) is 1. The molecule has 0 saturated heterocycles. The molecule has 2 bridgehead atoms. The van der Waals surface area contributed by atoms with E-state index in [9.17, 15) is 9.59 Å². The molecular weight excluding hydrogens is 471 g/mol. The van der Waals surface area contributed by atoms with Crippen LogP contribution in [-0.2, 0) is 9.63 Å². The maximum atomic E-state index is 13.6. The normalized spacial score (nSPS) is 26.9. The number of rotatable bonds is 4. The molecule has 168 valence electrons. The number of carbonyl (C=O) groups excluding carboxylic acids is 2. The predicted molar refractivity (Wildman–Crippen MR) is 128 cm³/mol. The monoisotopic (exact) mass is 492 g/mol. The van der Waals surface area contributed by atoms with Gasteiger partial charge < -0.3 is 10.2 Å². The molecule has 0 spiro atoms. The number of hydrogen-bond acceptors (Lipinski definition) is 4. The molecule has 5 nitrogen and oxygen atoms in total. The molecule has 8 heteroatoms. The first-order valence-electron chi connectivity index (χ1n) is 10.3. The van der Waals surface area contributed by atoms with Crippen LogP contribution in [0.25, 0.3) is 0 Å². The molecule has 2 aliphatic rings. The van der Waals surface area contributed by atoms with Crippen molar-refractivity contribution in [2.24, 2.45) is 21.4 Å². The highest BCUT2D eigenvalue weighted by molar-refractivity contribution is 6.44. The van der Waals surface area contributed by atoms with E-state index in [1.54, 1.807) is 42.5 Å². The second-order valence-corrected chi connectivity index (χ2v) is 10.4. The summed E-state index contributed by atoms with van der Waals surface area (Å²) in [5.74, 6) is -0.702. The molecule has 2 unspecified atom stereocenters. The van der Waals surface area contributed by atoms with E-state index in [0.29, 0.717) is 44.9 Å². The number of nitrogens with zero attached hydrogens (tertiary/aromatic N) is 1. The van der Waals surface area contributed by atoms with E-state index in [4.69, 9.17) is 39.6 Å². The van der Waals surface area contributed by atoms with Gasteiger partial charge in [-0.2, -0.15) is 0 Å². The van der Waals surface area contributed by atoms with Crippen molar-refractivity contribution in [2.45, 2.75) is 40.0 Å². The van der Waals surface area contributed by atoms with Gasteiger partial charge in [-0.25, -0.2) is 4.79 Å². The molecule has 0 aromatic heterocycles. The molecule has 0 radical (unpaired) electrons. The first-order valence-corrected chi connectivity index (χ1v) is 11.4. The maximum absolute atomic E-state index is 13.6. The minimum absolute atomic E-state index is 0.135. The van der Waals surface area contributed by atoms with Gasteiger partial charge >= 0.3 is 5.97 Å². The molecule has 2 aliphatic carbocycles. The van der Waals surface area contributed by atoms with Crippen molar-refractivity contribution in [1.29, 1.82) is 0 Å². The number of benzene rings is 2. The third-order valence-corrected chi connectivity index (χ3v) is 8.76. The number of fused-ring (bicyclic) bond motifs is 2. The van der Waals surface area contributed by atoms with Crippen molar-refractivity contribution < 1.29 is 14.4 Å². The summed E-state index contributed by atoms with van der Waals surface area (Å²) in [6.45, 7) is 6.22. The van der Waals surface area contributed by atoms with Crippen LogP contribution in [-0.4, -0.2) is 17.6 Å². The zero-order valence-electron chi connectivity index (χ0n) is 18.0. The highest BCUT2D eigenvalue weighted by Crippen LogP contribution is 2.71. The van der Waals surface area contributed by atoms with Gasteiger partial charge in [-0.3, -0.25) is 4.79 Å². The Bertz CT molecular complexity index is 1130. The van der Waals surface area contributed by atoms with E-state index < -0.39 is 16.8 Å². The van der Waals surface area contributed by atoms with Gasteiger partial charge in [-0.05, 0) is 54.7 Å². The molecule has 2 aromatic carbocycles. The lowest BCUT2D eigenvalue weighted by molar-refractivity contribution is -0.130. The first kappa shape index (κ1) is 23.1. The quantitative estimate of drug-likeness (QED) is 0.368. The lowest BCUT2D eigenvalue weighted by Crippen LogP contribution is -2.43. The Balaban J connectivity index is 1.60. The van der Waals surface area contributed by atoms with Crippen molar-refractivity contribution in [3.63, 3.8) is 0 Å². The second-order valence-electron chi connectivity index (χ2n) is 9.20. The van der Waals surface area contributed by atoms with Crippen molar-refractivity contribution in [1.82, 2.24) is 0 Å². The standard InChI is InChI=1S/C24H23Cl3N2O3/c1-22(2)23(3)11-12-24(22,21(31)28-17-6-4-5-16(26)19(17)27)13-18(23)29-32-20(30)14-7-9-15(25)10-8-14/h4-10H,11-13H2,1-3H3,(H,28,31). The molecule has 0 heterocycles. The Kier molecular flexibility index (Phi) is 5.81. The van der Waals surface area contributed by atoms with E-state index >= 15 is 0 Å². The summed E-state index contributed by atoms with van der Waals surface area (Å²) < 4.78 is 0. The second kappa shape index (κ2) is 8.05. The van der Waals surface area contributed by atoms with Crippen LogP contribution in [0.4, 0.5) is 5.69 Å². The minimum Gasteiger partial charge on any atom is -0.324 e. The molecule has 1 N–H and O–H groups in total. The summed E-state index contributed by atoms with van der Waals surface area (Å²) in [5.41, 5.74) is 0.0303. The molecule has 2 aromatic rings. The van der Waals surface area contributed by atoms with Gasteiger partial charge in [-0.1, -0.05) is 66.8 Å². The van der Waals surface area contributed by atoms with E-state index in [0.717, 1.165) is 6.42 Å². The molecule has 0 aliphatic heterocycles. The Morgan fingerprint density at radius 2 is 1.69 bits per heavy atom. The SMILES string of the molecule is CC12CCC(C(=O)Nc3cccc(Cl)c3Cl)(CC1=NOC(=O)c1ccc(Cl)cc1)C2(C)C. The third kappa shape index (κ3) is 3.42. The molecule has 2 saturated carbocycles. The van der Waals surface area contributed by atoms with Crippen molar-refractivity contribution in [3.8, 4) is 0 Å². The van der Waals surface area contributed by atoms with Crippen LogP contribution in [0.1, 0.15) is 50.4 Å². The smallest absolute Gasteiger partial charge is 0.324 e. The average Bonchev–Trinajstić information content (AvgIpc) is 3.06. The third-order valence-electron chi connectivity index (χ3n) is 7.69. The number of amides is 1. The predicted octanol–water partition coefficient (Wildman–Crippen LogP) is 7.01. The van der Waals surface area contributed by atoms with Crippen molar-refractivity contribution >= 4 is 58.1 Å².